The van der Waals surface area contributed by atoms with Crippen molar-refractivity contribution in [1.29, 1.82) is 0 Å². The van der Waals surface area contributed by atoms with Crippen molar-refractivity contribution in [2.75, 3.05) is 55.9 Å². The van der Waals surface area contributed by atoms with Crippen LogP contribution in [-0.4, -0.2) is 64.3 Å². The average Bonchev–Trinajstić information content (AvgIpc) is 2.61. The minimum absolute atomic E-state index is 0.167. The van der Waals surface area contributed by atoms with Gasteiger partial charge in [-0.15, -0.1) is 0 Å². The zero-order chi connectivity index (χ0) is 19.0. The molecule has 1 amide bonds. The Bertz CT molecular complexity index is 687. The van der Waals surface area contributed by atoms with Crippen LogP contribution in [0.3, 0.4) is 0 Å². The molecule has 0 aromatic heterocycles. The Hall–Kier alpha value is -1.64. The maximum absolute atomic E-state index is 12.5. The van der Waals surface area contributed by atoms with Gasteiger partial charge in [-0.25, -0.2) is 8.42 Å². The predicted molar refractivity (Wildman–Crippen MR) is 104 cm³/mol. The van der Waals surface area contributed by atoms with E-state index in [4.69, 9.17) is 4.74 Å². The summed E-state index contributed by atoms with van der Waals surface area (Å²) < 4.78 is 30.5. The van der Waals surface area contributed by atoms with E-state index in [9.17, 15) is 13.2 Å². The van der Waals surface area contributed by atoms with E-state index in [1.54, 1.807) is 0 Å². The molecule has 1 aliphatic rings. The lowest BCUT2D eigenvalue weighted by molar-refractivity contribution is -0.116. The molecule has 0 radical (unpaired) electrons. The van der Waals surface area contributed by atoms with E-state index in [1.807, 2.05) is 24.3 Å². The highest BCUT2D eigenvalue weighted by Crippen LogP contribution is 2.26. The summed E-state index contributed by atoms with van der Waals surface area (Å²) in [5.41, 5.74) is 1.63. The average molecular weight is 384 g/mol. The number of morpholine rings is 1. The summed E-state index contributed by atoms with van der Waals surface area (Å²) in [5.74, 6) is -0.326. The fourth-order valence-electron chi connectivity index (χ4n) is 2.91. The smallest absolute Gasteiger partial charge is 0.239 e. The first-order chi connectivity index (χ1) is 12.4. The SMILES string of the molecule is CCCCCN(CC(=O)Nc1ccccc1N1CCOCC1)S(C)(=O)=O. The van der Waals surface area contributed by atoms with Gasteiger partial charge in [0.05, 0.1) is 37.4 Å². The highest BCUT2D eigenvalue weighted by atomic mass is 32.2. The van der Waals surface area contributed by atoms with Crippen LogP contribution < -0.4 is 10.2 Å². The van der Waals surface area contributed by atoms with Crippen molar-refractivity contribution in [1.82, 2.24) is 4.31 Å². The van der Waals surface area contributed by atoms with E-state index in [0.717, 1.165) is 44.3 Å². The quantitative estimate of drug-likeness (QED) is 0.659. The number of carbonyl (C=O) groups is 1. The lowest BCUT2D eigenvalue weighted by Crippen LogP contribution is -2.39. The van der Waals surface area contributed by atoms with Gasteiger partial charge >= 0.3 is 0 Å². The molecule has 1 aromatic carbocycles. The minimum Gasteiger partial charge on any atom is -0.378 e. The lowest BCUT2D eigenvalue weighted by atomic mass is 10.2. The number of hydrogen-bond acceptors (Lipinski definition) is 5. The maximum atomic E-state index is 12.5. The molecular formula is C18H29N3O4S. The number of unbranched alkanes of at least 4 members (excludes halogenated alkanes) is 2. The summed E-state index contributed by atoms with van der Waals surface area (Å²) >= 11 is 0. The third kappa shape index (κ3) is 6.26. The van der Waals surface area contributed by atoms with Crippen molar-refractivity contribution in [3.63, 3.8) is 0 Å². The fourth-order valence-corrected chi connectivity index (χ4v) is 3.72. The van der Waals surface area contributed by atoms with Crippen LogP contribution in [0.5, 0.6) is 0 Å². The topological polar surface area (TPSA) is 79.0 Å². The largest absolute Gasteiger partial charge is 0.378 e. The van der Waals surface area contributed by atoms with Crippen LogP contribution in [0.25, 0.3) is 0 Å². The second-order valence-electron chi connectivity index (χ2n) is 6.47. The summed E-state index contributed by atoms with van der Waals surface area (Å²) in [6, 6.07) is 7.57. The van der Waals surface area contributed by atoms with Crippen LogP contribution >= 0.6 is 0 Å². The molecule has 0 bridgehead atoms. The first-order valence-corrected chi connectivity index (χ1v) is 10.9. The van der Waals surface area contributed by atoms with Crippen molar-refractivity contribution < 1.29 is 17.9 Å². The van der Waals surface area contributed by atoms with E-state index in [1.165, 1.54) is 4.31 Å². The molecule has 1 aromatic rings. The Balaban J connectivity index is 2.04. The van der Waals surface area contributed by atoms with Crippen LogP contribution in [-0.2, 0) is 19.6 Å². The number of nitrogens with one attached hydrogen (secondary N) is 1. The van der Waals surface area contributed by atoms with Crippen molar-refractivity contribution in [3.05, 3.63) is 24.3 Å². The van der Waals surface area contributed by atoms with Crippen LogP contribution in [0.15, 0.2) is 24.3 Å². The number of rotatable bonds is 9. The van der Waals surface area contributed by atoms with Crippen molar-refractivity contribution in [3.8, 4) is 0 Å². The van der Waals surface area contributed by atoms with Crippen LogP contribution in [0, 0.1) is 0 Å². The van der Waals surface area contributed by atoms with Gasteiger partial charge in [0.1, 0.15) is 0 Å². The Morgan fingerprint density at radius 1 is 1.23 bits per heavy atom. The number of sulfonamides is 1. The molecule has 0 saturated carbocycles. The Morgan fingerprint density at radius 2 is 1.92 bits per heavy atom. The van der Waals surface area contributed by atoms with E-state index in [0.29, 0.717) is 25.4 Å². The highest BCUT2D eigenvalue weighted by Gasteiger charge is 2.21. The number of nitrogens with zero attached hydrogens (tertiary/aromatic N) is 2. The van der Waals surface area contributed by atoms with Gasteiger partial charge < -0.3 is 15.0 Å². The Kier molecular flexibility index (Phi) is 7.86. The molecule has 8 heteroatoms. The second kappa shape index (κ2) is 9.89. The van der Waals surface area contributed by atoms with Gasteiger partial charge in [-0.1, -0.05) is 31.9 Å². The van der Waals surface area contributed by atoms with E-state index < -0.39 is 10.0 Å². The Morgan fingerprint density at radius 3 is 2.58 bits per heavy atom. The third-order valence-electron chi connectivity index (χ3n) is 4.33. The van der Waals surface area contributed by atoms with Crippen molar-refractivity contribution in [2.45, 2.75) is 26.2 Å². The van der Waals surface area contributed by atoms with Gasteiger partial charge in [0, 0.05) is 19.6 Å². The van der Waals surface area contributed by atoms with Crippen molar-refractivity contribution in [2.24, 2.45) is 0 Å². The number of amides is 1. The first-order valence-electron chi connectivity index (χ1n) is 9.08. The van der Waals surface area contributed by atoms with E-state index >= 15 is 0 Å². The van der Waals surface area contributed by atoms with Gasteiger partial charge in [-0.3, -0.25) is 4.79 Å². The second-order valence-corrected chi connectivity index (χ2v) is 8.45. The van der Waals surface area contributed by atoms with Gasteiger partial charge in [0.25, 0.3) is 0 Å². The highest BCUT2D eigenvalue weighted by molar-refractivity contribution is 7.88. The third-order valence-corrected chi connectivity index (χ3v) is 5.58. The monoisotopic (exact) mass is 383 g/mol. The molecule has 0 spiro atoms. The fraction of sp³-hybridized carbons (Fsp3) is 0.611. The lowest BCUT2D eigenvalue weighted by Gasteiger charge is -2.30. The molecule has 1 saturated heterocycles. The molecule has 1 fully saturated rings. The zero-order valence-electron chi connectivity index (χ0n) is 15.6. The van der Waals surface area contributed by atoms with E-state index in [2.05, 4.69) is 17.1 Å². The van der Waals surface area contributed by atoms with Gasteiger partial charge in [-0.05, 0) is 18.6 Å². The summed E-state index contributed by atoms with van der Waals surface area (Å²) in [6.45, 7) is 5.09. The normalized spacial score (nSPS) is 15.3. The maximum Gasteiger partial charge on any atom is 0.239 e. The van der Waals surface area contributed by atoms with Gasteiger partial charge in [0.2, 0.25) is 15.9 Å². The summed E-state index contributed by atoms with van der Waals surface area (Å²) in [5, 5.41) is 2.87. The number of ether oxygens (including phenoxy) is 1. The molecule has 2 rings (SSSR count). The number of carbonyl (C=O) groups excluding carboxylic acids is 1. The molecule has 0 aliphatic carbocycles. The first kappa shape index (κ1) is 20.7. The van der Waals surface area contributed by atoms with Gasteiger partial charge in [0.15, 0.2) is 0 Å². The molecule has 1 N–H and O–H groups in total. The molecule has 7 nitrogen and oxygen atoms in total. The minimum atomic E-state index is -3.42. The predicted octanol–water partition coefficient (Wildman–Crippen LogP) is 1.91. The summed E-state index contributed by atoms with van der Waals surface area (Å²) in [6.07, 6.45) is 3.83. The van der Waals surface area contributed by atoms with Crippen LogP contribution in [0.4, 0.5) is 11.4 Å². The molecule has 0 unspecified atom stereocenters. The van der Waals surface area contributed by atoms with Crippen LogP contribution in [0.2, 0.25) is 0 Å². The number of para-hydroxylation sites is 2. The van der Waals surface area contributed by atoms with Crippen molar-refractivity contribution >= 4 is 27.3 Å². The molecule has 146 valence electrons. The van der Waals surface area contributed by atoms with Gasteiger partial charge in [-0.2, -0.15) is 4.31 Å². The summed E-state index contributed by atoms with van der Waals surface area (Å²) in [4.78, 5) is 14.6. The van der Waals surface area contributed by atoms with Crippen LogP contribution in [0.1, 0.15) is 26.2 Å². The molecule has 0 atom stereocenters. The molecule has 1 heterocycles. The molecular weight excluding hydrogens is 354 g/mol. The molecule has 1 aliphatic heterocycles. The number of anilines is 2. The number of hydrogen-bond donors (Lipinski definition) is 1. The zero-order valence-corrected chi connectivity index (χ0v) is 16.4. The van der Waals surface area contributed by atoms with E-state index in [-0.39, 0.29) is 12.5 Å². The Labute approximate surface area is 156 Å². The summed E-state index contributed by atoms with van der Waals surface area (Å²) in [7, 11) is -3.42. The standard InChI is InChI=1S/C18H29N3O4S/c1-3-4-7-10-21(26(2,23)24)15-18(22)19-16-8-5-6-9-17(16)20-11-13-25-14-12-20/h5-6,8-9H,3-4,7,10-15H2,1-2H3,(H,19,22). The molecule has 26 heavy (non-hydrogen) atoms. The number of benzene rings is 1.